The summed E-state index contributed by atoms with van der Waals surface area (Å²) in [5, 5.41) is 2.88. The van der Waals surface area contributed by atoms with Crippen molar-refractivity contribution in [1.82, 2.24) is 9.88 Å². The van der Waals surface area contributed by atoms with E-state index in [1.807, 2.05) is 25.1 Å². The average molecular weight is 435 g/mol. The van der Waals surface area contributed by atoms with Gasteiger partial charge in [0.25, 0.3) is 5.91 Å². The Bertz CT molecular complexity index is 1080. The van der Waals surface area contributed by atoms with Crippen LogP contribution >= 0.6 is 0 Å². The van der Waals surface area contributed by atoms with Gasteiger partial charge in [-0.1, -0.05) is 6.07 Å². The highest BCUT2D eigenvalue weighted by atomic mass is 16.5. The Hall–Kier alpha value is -3.81. The van der Waals surface area contributed by atoms with E-state index in [4.69, 9.17) is 13.9 Å². The molecule has 8 nitrogen and oxygen atoms in total. The molecule has 4 rings (SSSR count). The van der Waals surface area contributed by atoms with E-state index in [9.17, 15) is 9.59 Å². The third-order valence-corrected chi connectivity index (χ3v) is 5.35. The molecule has 3 heterocycles. The van der Waals surface area contributed by atoms with Crippen LogP contribution in [0.25, 0.3) is 0 Å². The number of aromatic nitrogens is 1. The molecule has 1 saturated heterocycles. The monoisotopic (exact) mass is 435 g/mol. The number of ether oxygens (including phenoxy) is 2. The van der Waals surface area contributed by atoms with E-state index in [1.54, 1.807) is 42.5 Å². The Morgan fingerprint density at radius 1 is 1.19 bits per heavy atom. The summed E-state index contributed by atoms with van der Waals surface area (Å²) in [6.07, 6.45) is 4.49. The zero-order valence-electron chi connectivity index (χ0n) is 18.0. The van der Waals surface area contributed by atoms with Crippen molar-refractivity contribution in [3.05, 3.63) is 66.2 Å². The molecule has 8 heteroatoms. The molecule has 1 aromatic carbocycles. The van der Waals surface area contributed by atoms with Gasteiger partial charge in [-0.3, -0.25) is 9.59 Å². The number of aryl methyl sites for hydroxylation is 1. The second-order valence-electron chi connectivity index (χ2n) is 7.70. The van der Waals surface area contributed by atoms with Crippen LogP contribution in [0, 0.1) is 12.8 Å². The highest BCUT2D eigenvalue weighted by Crippen LogP contribution is 2.31. The largest absolute Gasteiger partial charge is 0.493 e. The molecule has 1 aliphatic rings. The van der Waals surface area contributed by atoms with Gasteiger partial charge in [-0.15, -0.1) is 0 Å². The molecule has 32 heavy (non-hydrogen) atoms. The van der Waals surface area contributed by atoms with Gasteiger partial charge in [0.15, 0.2) is 17.3 Å². The number of carbonyl (C=O) groups is 2. The fourth-order valence-corrected chi connectivity index (χ4v) is 3.66. The predicted octanol–water partition coefficient (Wildman–Crippen LogP) is 4.27. The number of likely N-dealkylation sites (tertiary alicyclic amines) is 1. The lowest BCUT2D eigenvalue weighted by Crippen LogP contribution is -2.43. The van der Waals surface area contributed by atoms with Crippen LogP contribution in [0.3, 0.4) is 0 Å². The summed E-state index contributed by atoms with van der Waals surface area (Å²) in [6, 6.07) is 12.4. The van der Waals surface area contributed by atoms with Crippen molar-refractivity contribution in [3.8, 4) is 17.4 Å². The fourth-order valence-electron chi connectivity index (χ4n) is 3.66. The lowest BCUT2D eigenvalue weighted by molar-refractivity contribution is -0.121. The summed E-state index contributed by atoms with van der Waals surface area (Å²) in [4.78, 5) is 31.2. The molecule has 0 spiro atoms. The minimum absolute atomic E-state index is 0.141. The average Bonchev–Trinajstić information content (AvgIpc) is 3.36. The second kappa shape index (κ2) is 9.55. The predicted molar refractivity (Wildman–Crippen MR) is 118 cm³/mol. The van der Waals surface area contributed by atoms with Gasteiger partial charge in [0.05, 0.1) is 31.2 Å². The van der Waals surface area contributed by atoms with Crippen LogP contribution in [0.1, 0.15) is 29.0 Å². The fraction of sp³-hybridized carbons (Fsp3) is 0.292. The number of nitrogens with one attached hydrogen (secondary N) is 1. The molecule has 1 unspecified atom stereocenters. The molecule has 0 radical (unpaired) electrons. The van der Waals surface area contributed by atoms with Gasteiger partial charge in [0, 0.05) is 19.2 Å². The molecule has 1 fully saturated rings. The molecule has 2 aromatic heterocycles. The van der Waals surface area contributed by atoms with Crippen molar-refractivity contribution >= 4 is 17.5 Å². The zero-order chi connectivity index (χ0) is 22.5. The third kappa shape index (κ3) is 4.91. The van der Waals surface area contributed by atoms with Gasteiger partial charge in [-0.05, 0) is 55.7 Å². The number of hydrogen-bond donors (Lipinski definition) is 1. The Balaban J connectivity index is 1.36. The Labute approximate surface area is 186 Å². The summed E-state index contributed by atoms with van der Waals surface area (Å²) >= 11 is 0. The first kappa shape index (κ1) is 21.4. The number of methoxy groups -OCH3 is 1. The summed E-state index contributed by atoms with van der Waals surface area (Å²) in [5.74, 6) is 1.23. The van der Waals surface area contributed by atoms with Crippen LogP contribution in [-0.4, -0.2) is 41.9 Å². The van der Waals surface area contributed by atoms with Crippen molar-refractivity contribution < 1.29 is 23.5 Å². The van der Waals surface area contributed by atoms with Crippen molar-refractivity contribution in [3.63, 3.8) is 0 Å². The number of benzene rings is 1. The van der Waals surface area contributed by atoms with Crippen LogP contribution in [-0.2, 0) is 4.79 Å². The summed E-state index contributed by atoms with van der Waals surface area (Å²) in [7, 11) is 1.59. The lowest BCUT2D eigenvalue weighted by atomic mass is 9.97. The minimum Gasteiger partial charge on any atom is -0.493 e. The van der Waals surface area contributed by atoms with Crippen LogP contribution in [0.15, 0.2) is 59.3 Å². The molecule has 1 N–H and O–H groups in total. The maximum Gasteiger partial charge on any atom is 0.289 e. The van der Waals surface area contributed by atoms with Gasteiger partial charge >= 0.3 is 0 Å². The molecule has 1 atom stereocenters. The maximum atomic E-state index is 12.8. The highest BCUT2D eigenvalue weighted by molar-refractivity contribution is 5.94. The molecule has 2 amide bonds. The van der Waals surface area contributed by atoms with Gasteiger partial charge in [-0.25, -0.2) is 4.98 Å². The van der Waals surface area contributed by atoms with Crippen LogP contribution in [0.4, 0.5) is 5.69 Å². The smallest absolute Gasteiger partial charge is 0.289 e. The van der Waals surface area contributed by atoms with Gasteiger partial charge in [-0.2, -0.15) is 0 Å². The molecular formula is C24H25N3O5. The Kier molecular flexibility index (Phi) is 6.39. The van der Waals surface area contributed by atoms with Crippen LogP contribution < -0.4 is 14.8 Å². The number of amides is 2. The van der Waals surface area contributed by atoms with Crippen molar-refractivity contribution in [2.75, 3.05) is 25.5 Å². The number of anilines is 1. The van der Waals surface area contributed by atoms with Crippen molar-refractivity contribution in [2.45, 2.75) is 19.8 Å². The summed E-state index contributed by atoms with van der Waals surface area (Å²) in [5.41, 5.74) is 1.63. The number of rotatable bonds is 6. The number of hydrogen-bond acceptors (Lipinski definition) is 6. The first-order valence-electron chi connectivity index (χ1n) is 10.5. The van der Waals surface area contributed by atoms with E-state index < -0.39 is 0 Å². The van der Waals surface area contributed by atoms with Gasteiger partial charge in [0.2, 0.25) is 11.8 Å². The van der Waals surface area contributed by atoms with Crippen LogP contribution in [0.2, 0.25) is 0 Å². The van der Waals surface area contributed by atoms with Gasteiger partial charge in [0.1, 0.15) is 0 Å². The number of furan rings is 1. The number of pyridine rings is 1. The van der Waals surface area contributed by atoms with E-state index in [0.29, 0.717) is 36.2 Å². The normalized spacial score (nSPS) is 15.8. The molecule has 166 valence electrons. The quantitative estimate of drug-likeness (QED) is 0.621. The van der Waals surface area contributed by atoms with E-state index in [1.165, 1.54) is 6.26 Å². The maximum absolute atomic E-state index is 12.8. The van der Waals surface area contributed by atoms with Gasteiger partial charge < -0.3 is 24.1 Å². The third-order valence-electron chi connectivity index (χ3n) is 5.35. The van der Waals surface area contributed by atoms with E-state index in [-0.39, 0.29) is 23.5 Å². The Morgan fingerprint density at radius 2 is 2.06 bits per heavy atom. The van der Waals surface area contributed by atoms with E-state index >= 15 is 0 Å². The number of nitrogens with zero attached hydrogens (tertiary/aromatic N) is 2. The van der Waals surface area contributed by atoms with Crippen molar-refractivity contribution in [1.29, 1.82) is 0 Å². The molecule has 3 aromatic rings. The first-order valence-corrected chi connectivity index (χ1v) is 10.5. The SMILES string of the molecule is COc1cc(C)ccc1Oc1ccc(NC(=O)C2CCCN(C(=O)c3ccco3)C2)cn1. The number of piperidine rings is 1. The molecular weight excluding hydrogens is 410 g/mol. The molecule has 1 aliphatic heterocycles. The number of carbonyl (C=O) groups excluding carboxylic acids is 2. The standard InChI is InChI=1S/C24H25N3O5/c1-16-7-9-19(21(13-16)30-2)32-22-10-8-18(14-25-22)26-23(28)17-5-3-11-27(15-17)24(29)20-6-4-12-31-20/h4,6-10,12-14,17H,3,5,11,15H2,1-2H3,(H,26,28). The summed E-state index contributed by atoms with van der Waals surface area (Å²) in [6.45, 7) is 2.94. The summed E-state index contributed by atoms with van der Waals surface area (Å²) < 4.78 is 16.3. The molecule has 0 bridgehead atoms. The first-order chi connectivity index (χ1) is 15.5. The van der Waals surface area contributed by atoms with E-state index in [0.717, 1.165) is 18.4 Å². The van der Waals surface area contributed by atoms with Crippen molar-refractivity contribution in [2.24, 2.45) is 5.92 Å². The lowest BCUT2D eigenvalue weighted by Gasteiger charge is -2.31. The minimum atomic E-state index is -0.296. The van der Waals surface area contributed by atoms with E-state index in [2.05, 4.69) is 10.3 Å². The zero-order valence-corrected chi connectivity index (χ0v) is 18.0. The highest BCUT2D eigenvalue weighted by Gasteiger charge is 2.30. The topological polar surface area (TPSA) is 93.9 Å². The Morgan fingerprint density at radius 3 is 2.78 bits per heavy atom. The molecule has 0 aliphatic carbocycles. The second-order valence-corrected chi connectivity index (χ2v) is 7.70. The molecule has 0 saturated carbocycles. The van der Waals surface area contributed by atoms with Crippen LogP contribution in [0.5, 0.6) is 17.4 Å².